The average molecular weight is 291 g/mol. The summed E-state index contributed by atoms with van der Waals surface area (Å²) >= 11 is 0. The van der Waals surface area contributed by atoms with Gasteiger partial charge in [-0.05, 0) is 24.9 Å². The minimum absolute atomic E-state index is 0.132. The summed E-state index contributed by atoms with van der Waals surface area (Å²) in [6, 6.07) is 6.74. The number of aryl methyl sites for hydroxylation is 1. The third kappa shape index (κ3) is 4.53. The SMILES string of the molecule is CN1CCN(CCCc2ccc([N+](=O)[O-])cc2)CCC1=O. The van der Waals surface area contributed by atoms with Crippen LogP contribution in [0.5, 0.6) is 0 Å². The zero-order chi connectivity index (χ0) is 15.2. The summed E-state index contributed by atoms with van der Waals surface area (Å²) in [5.74, 6) is 0.216. The van der Waals surface area contributed by atoms with Gasteiger partial charge in [-0.3, -0.25) is 14.9 Å². The molecule has 0 bridgehead atoms. The van der Waals surface area contributed by atoms with Crippen LogP contribution in [0.1, 0.15) is 18.4 Å². The van der Waals surface area contributed by atoms with Crippen LogP contribution in [0.3, 0.4) is 0 Å². The van der Waals surface area contributed by atoms with Crippen molar-refractivity contribution in [2.75, 3.05) is 33.2 Å². The Kier molecular flexibility index (Phi) is 5.27. The van der Waals surface area contributed by atoms with Gasteiger partial charge in [0.15, 0.2) is 0 Å². The Labute approximate surface area is 124 Å². The number of hydrogen-bond donors (Lipinski definition) is 0. The van der Waals surface area contributed by atoms with Crippen molar-refractivity contribution in [1.82, 2.24) is 9.80 Å². The molecule has 1 aliphatic rings. The minimum atomic E-state index is -0.380. The van der Waals surface area contributed by atoms with E-state index in [0.29, 0.717) is 6.42 Å². The van der Waals surface area contributed by atoms with E-state index in [9.17, 15) is 14.9 Å². The molecule has 6 heteroatoms. The van der Waals surface area contributed by atoms with Gasteiger partial charge in [0.1, 0.15) is 0 Å². The molecule has 1 amide bonds. The van der Waals surface area contributed by atoms with Crippen LogP contribution in [0.4, 0.5) is 5.69 Å². The van der Waals surface area contributed by atoms with E-state index < -0.39 is 0 Å². The van der Waals surface area contributed by atoms with Gasteiger partial charge in [0.05, 0.1) is 4.92 Å². The molecule has 1 aromatic rings. The van der Waals surface area contributed by atoms with Gasteiger partial charge in [-0.1, -0.05) is 12.1 Å². The fourth-order valence-electron chi connectivity index (χ4n) is 2.49. The number of nitro benzene ring substituents is 1. The highest BCUT2D eigenvalue weighted by atomic mass is 16.6. The van der Waals surface area contributed by atoms with Crippen molar-refractivity contribution in [2.24, 2.45) is 0 Å². The highest BCUT2D eigenvalue weighted by Crippen LogP contribution is 2.13. The van der Waals surface area contributed by atoms with Crippen molar-refractivity contribution in [3.05, 3.63) is 39.9 Å². The summed E-state index contributed by atoms with van der Waals surface area (Å²) in [5, 5.41) is 10.6. The molecule has 0 atom stereocenters. The number of non-ortho nitro benzene ring substituents is 1. The highest BCUT2D eigenvalue weighted by Gasteiger charge is 2.17. The zero-order valence-electron chi connectivity index (χ0n) is 12.3. The Bertz CT molecular complexity index is 501. The molecule has 1 heterocycles. The van der Waals surface area contributed by atoms with Gasteiger partial charge in [-0.2, -0.15) is 0 Å². The standard InChI is InChI=1S/C15H21N3O3/c1-16-11-12-17(10-8-15(16)19)9-2-3-13-4-6-14(7-5-13)18(20)21/h4-7H,2-3,8-12H2,1H3. The predicted octanol–water partition coefficient (Wildman–Crippen LogP) is 1.69. The van der Waals surface area contributed by atoms with Crippen LogP contribution in [-0.4, -0.2) is 53.9 Å². The number of carbonyl (C=O) groups is 1. The maximum atomic E-state index is 11.6. The van der Waals surface area contributed by atoms with Crippen LogP contribution in [0, 0.1) is 10.1 Å². The van der Waals surface area contributed by atoms with E-state index in [1.54, 1.807) is 17.0 Å². The van der Waals surface area contributed by atoms with E-state index in [0.717, 1.165) is 44.6 Å². The number of nitrogens with zero attached hydrogens (tertiary/aromatic N) is 3. The maximum absolute atomic E-state index is 11.6. The molecule has 1 aliphatic heterocycles. The molecule has 2 rings (SSSR count). The van der Waals surface area contributed by atoms with Crippen LogP contribution < -0.4 is 0 Å². The second-order valence-electron chi connectivity index (χ2n) is 5.43. The van der Waals surface area contributed by atoms with Crippen LogP contribution in [0.15, 0.2) is 24.3 Å². The summed E-state index contributed by atoms with van der Waals surface area (Å²) in [7, 11) is 1.85. The van der Waals surface area contributed by atoms with Crippen molar-refractivity contribution in [1.29, 1.82) is 0 Å². The third-order valence-corrected chi connectivity index (χ3v) is 3.91. The van der Waals surface area contributed by atoms with Crippen molar-refractivity contribution < 1.29 is 9.72 Å². The molecule has 0 N–H and O–H groups in total. The summed E-state index contributed by atoms with van der Waals surface area (Å²) in [4.78, 5) is 25.9. The van der Waals surface area contributed by atoms with Gasteiger partial charge < -0.3 is 9.80 Å². The lowest BCUT2D eigenvalue weighted by Gasteiger charge is -2.19. The molecule has 0 spiro atoms. The quantitative estimate of drug-likeness (QED) is 0.611. The van der Waals surface area contributed by atoms with Crippen LogP contribution >= 0.6 is 0 Å². The van der Waals surface area contributed by atoms with Gasteiger partial charge in [-0.15, -0.1) is 0 Å². The molecule has 0 saturated carbocycles. The van der Waals surface area contributed by atoms with Crippen molar-refractivity contribution in [3.63, 3.8) is 0 Å². The number of benzene rings is 1. The highest BCUT2D eigenvalue weighted by molar-refractivity contribution is 5.76. The normalized spacial score (nSPS) is 16.8. The summed E-state index contributed by atoms with van der Waals surface area (Å²) in [6.07, 6.45) is 2.49. The predicted molar refractivity (Wildman–Crippen MR) is 80.1 cm³/mol. The number of rotatable bonds is 5. The Balaban J connectivity index is 1.76. The molecule has 6 nitrogen and oxygen atoms in total. The first-order valence-corrected chi connectivity index (χ1v) is 7.26. The fraction of sp³-hybridized carbons (Fsp3) is 0.533. The first-order valence-electron chi connectivity index (χ1n) is 7.26. The maximum Gasteiger partial charge on any atom is 0.269 e. The van der Waals surface area contributed by atoms with E-state index in [-0.39, 0.29) is 16.5 Å². The first kappa shape index (κ1) is 15.4. The van der Waals surface area contributed by atoms with Crippen LogP contribution in [0.2, 0.25) is 0 Å². The number of amides is 1. The van der Waals surface area contributed by atoms with Crippen molar-refractivity contribution in [2.45, 2.75) is 19.3 Å². The molecule has 0 radical (unpaired) electrons. The summed E-state index contributed by atoms with van der Waals surface area (Å²) in [6.45, 7) is 3.49. The lowest BCUT2D eigenvalue weighted by atomic mass is 10.1. The smallest absolute Gasteiger partial charge is 0.269 e. The molecule has 1 saturated heterocycles. The zero-order valence-corrected chi connectivity index (χ0v) is 12.3. The Hall–Kier alpha value is -1.95. The second kappa shape index (κ2) is 7.17. The number of carbonyl (C=O) groups excluding carboxylic acids is 1. The van der Waals surface area contributed by atoms with Gasteiger partial charge in [0, 0.05) is 45.2 Å². The lowest BCUT2D eigenvalue weighted by Crippen LogP contribution is -2.30. The second-order valence-corrected chi connectivity index (χ2v) is 5.43. The topological polar surface area (TPSA) is 66.7 Å². The Morgan fingerprint density at radius 1 is 1.19 bits per heavy atom. The molecule has 21 heavy (non-hydrogen) atoms. The van der Waals surface area contributed by atoms with E-state index in [2.05, 4.69) is 4.90 Å². The molecule has 0 aromatic heterocycles. The van der Waals surface area contributed by atoms with Crippen LogP contribution in [-0.2, 0) is 11.2 Å². The molecule has 114 valence electrons. The molecule has 0 aliphatic carbocycles. The summed E-state index contributed by atoms with van der Waals surface area (Å²) in [5.41, 5.74) is 1.25. The number of likely N-dealkylation sites (N-methyl/N-ethyl adjacent to an activating group) is 1. The van der Waals surface area contributed by atoms with Gasteiger partial charge in [0.25, 0.3) is 5.69 Å². The average Bonchev–Trinajstić information content (AvgIpc) is 2.63. The van der Waals surface area contributed by atoms with E-state index in [4.69, 9.17) is 0 Å². The van der Waals surface area contributed by atoms with E-state index >= 15 is 0 Å². The van der Waals surface area contributed by atoms with Crippen LogP contribution in [0.25, 0.3) is 0 Å². The molecule has 1 aromatic carbocycles. The minimum Gasteiger partial charge on any atom is -0.344 e. The fourth-order valence-corrected chi connectivity index (χ4v) is 2.49. The van der Waals surface area contributed by atoms with E-state index in [1.807, 2.05) is 19.2 Å². The third-order valence-electron chi connectivity index (χ3n) is 3.91. The van der Waals surface area contributed by atoms with E-state index in [1.165, 1.54) is 0 Å². The van der Waals surface area contributed by atoms with Gasteiger partial charge in [-0.25, -0.2) is 0 Å². The first-order chi connectivity index (χ1) is 10.1. The Morgan fingerprint density at radius 2 is 1.90 bits per heavy atom. The number of nitro groups is 1. The molecular formula is C15H21N3O3. The molecular weight excluding hydrogens is 270 g/mol. The summed E-state index contributed by atoms with van der Waals surface area (Å²) < 4.78 is 0. The Morgan fingerprint density at radius 3 is 2.57 bits per heavy atom. The van der Waals surface area contributed by atoms with Crippen molar-refractivity contribution in [3.8, 4) is 0 Å². The monoisotopic (exact) mass is 291 g/mol. The lowest BCUT2D eigenvalue weighted by molar-refractivity contribution is -0.384. The van der Waals surface area contributed by atoms with Crippen molar-refractivity contribution >= 4 is 11.6 Å². The van der Waals surface area contributed by atoms with Gasteiger partial charge in [0.2, 0.25) is 5.91 Å². The molecule has 1 fully saturated rings. The van der Waals surface area contributed by atoms with Gasteiger partial charge >= 0.3 is 0 Å². The molecule has 0 unspecified atom stereocenters. The largest absolute Gasteiger partial charge is 0.344 e. The number of hydrogen-bond acceptors (Lipinski definition) is 4.